The van der Waals surface area contributed by atoms with Crippen LogP contribution in [0.4, 0.5) is 11.4 Å². The minimum absolute atomic E-state index is 0.104. The lowest BCUT2D eigenvalue weighted by Crippen LogP contribution is -3.15. The lowest BCUT2D eigenvalue weighted by Gasteiger charge is -2.33. The van der Waals surface area contributed by atoms with E-state index in [0.717, 1.165) is 53.9 Å². The first kappa shape index (κ1) is 18.2. The van der Waals surface area contributed by atoms with Gasteiger partial charge in [0.1, 0.15) is 6.54 Å². The number of carbonyl (C=O) groups is 1. The molecule has 0 aliphatic carbocycles. The number of ketones is 1. The molecule has 0 saturated carbocycles. The molecular formula is C21H23N4O3+. The third kappa shape index (κ3) is 3.61. The van der Waals surface area contributed by atoms with Crippen LogP contribution in [0, 0.1) is 17.0 Å². The molecule has 1 fully saturated rings. The predicted molar refractivity (Wildman–Crippen MR) is 108 cm³/mol. The van der Waals surface area contributed by atoms with Crippen LogP contribution in [0.15, 0.2) is 48.7 Å². The topological polar surface area (TPSA) is 83.7 Å². The number of hydrogen-bond donors (Lipinski definition) is 2. The third-order valence-electron chi connectivity index (χ3n) is 5.44. The van der Waals surface area contributed by atoms with Gasteiger partial charge in [-0.25, -0.2) is 0 Å². The van der Waals surface area contributed by atoms with E-state index >= 15 is 0 Å². The fourth-order valence-corrected chi connectivity index (χ4v) is 3.83. The normalized spacial score (nSPS) is 15.1. The molecule has 2 heterocycles. The second-order valence-corrected chi connectivity index (χ2v) is 7.36. The minimum Gasteiger partial charge on any atom is -0.360 e. The Labute approximate surface area is 162 Å². The monoisotopic (exact) mass is 379 g/mol. The van der Waals surface area contributed by atoms with E-state index in [1.807, 2.05) is 25.3 Å². The van der Waals surface area contributed by atoms with Crippen molar-refractivity contribution in [3.05, 3.63) is 69.9 Å². The van der Waals surface area contributed by atoms with Crippen LogP contribution in [-0.4, -0.2) is 48.4 Å². The van der Waals surface area contributed by atoms with Crippen molar-refractivity contribution in [1.29, 1.82) is 0 Å². The Balaban J connectivity index is 1.38. The number of nitrogens with one attached hydrogen (secondary N) is 2. The number of nitro benzene ring substituents is 1. The molecule has 7 heteroatoms. The number of aromatic amines is 1. The van der Waals surface area contributed by atoms with Crippen LogP contribution in [-0.2, 0) is 0 Å². The van der Waals surface area contributed by atoms with E-state index in [9.17, 15) is 14.9 Å². The zero-order chi connectivity index (χ0) is 19.7. The van der Waals surface area contributed by atoms with Gasteiger partial charge in [-0.1, -0.05) is 11.6 Å². The first-order valence-corrected chi connectivity index (χ1v) is 9.45. The van der Waals surface area contributed by atoms with Crippen LogP contribution in [0.2, 0.25) is 0 Å². The summed E-state index contributed by atoms with van der Waals surface area (Å²) in [4.78, 5) is 29.9. The standard InChI is InChI=1S/C21H22N4O3/c1-15-2-7-20-18(12-15)19(13-22-20)21(26)14-23-8-10-24(11-9-23)16-3-5-17(6-4-16)25(27)28/h2-7,12-13,22H,8-11,14H2,1H3/p+1. The maximum atomic E-state index is 12.8. The number of benzene rings is 2. The van der Waals surface area contributed by atoms with Crippen LogP contribution in [0.5, 0.6) is 0 Å². The Morgan fingerprint density at radius 1 is 1.18 bits per heavy atom. The lowest BCUT2D eigenvalue weighted by molar-refractivity contribution is -0.892. The summed E-state index contributed by atoms with van der Waals surface area (Å²) in [6, 6.07) is 12.8. The molecule has 28 heavy (non-hydrogen) atoms. The molecule has 0 bridgehead atoms. The van der Waals surface area contributed by atoms with Gasteiger partial charge in [0, 0.05) is 40.5 Å². The van der Waals surface area contributed by atoms with Crippen LogP contribution in [0.1, 0.15) is 15.9 Å². The summed E-state index contributed by atoms with van der Waals surface area (Å²) in [6.07, 6.45) is 1.82. The van der Waals surface area contributed by atoms with Crippen LogP contribution < -0.4 is 9.80 Å². The van der Waals surface area contributed by atoms with Gasteiger partial charge in [-0.05, 0) is 31.2 Å². The molecule has 0 unspecified atom stereocenters. The van der Waals surface area contributed by atoms with Gasteiger partial charge in [0.15, 0.2) is 0 Å². The highest BCUT2D eigenvalue weighted by atomic mass is 16.6. The van der Waals surface area contributed by atoms with Crippen molar-refractivity contribution in [2.45, 2.75) is 6.92 Å². The molecule has 1 saturated heterocycles. The molecule has 2 aromatic carbocycles. The van der Waals surface area contributed by atoms with Gasteiger partial charge in [0.05, 0.1) is 31.1 Å². The molecule has 0 amide bonds. The molecule has 3 aromatic rings. The van der Waals surface area contributed by atoms with E-state index in [4.69, 9.17) is 0 Å². The molecule has 2 N–H and O–H groups in total. The fourth-order valence-electron chi connectivity index (χ4n) is 3.83. The van der Waals surface area contributed by atoms with E-state index in [0.29, 0.717) is 6.54 Å². The predicted octanol–water partition coefficient (Wildman–Crippen LogP) is 1.97. The van der Waals surface area contributed by atoms with Crippen LogP contribution in [0.3, 0.4) is 0 Å². The number of anilines is 1. The summed E-state index contributed by atoms with van der Waals surface area (Å²) in [7, 11) is 0. The third-order valence-corrected chi connectivity index (χ3v) is 5.44. The minimum atomic E-state index is -0.385. The molecule has 0 spiro atoms. The number of nitro groups is 1. The van der Waals surface area contributed by atoms with E-state index in [-0.39, 0.29) is 16.4 Å². The summed E-state index contributed by atoms with van der Waals surface area (Å²) >= 11 is 0. The number of Topliss-reactive ketones (excluding diaryl/α,β-unsaturated/α-hetero) is 1. The average Bonchev–Trinajstić information content (AvgIpc) is 3.12. The van der Waals surface area contributed by atoms with E-state index < -0.39 is 0 Å². The first-order chi connectivity index (χ1) is 13.5. The van der Waals surface area contributed by atoms with E-state index in [1.165, 1.54) is 17.0 Å². The highest BCUT2D eigenvalue weighted by Gasteiger charge is 2.24. The van der Waals surface area contributed by atoms with Crippen molar-refractivity contribution in [1.82, 2.24) is 4.98 Å². The first-order valence-electron chi connectivity index (χ1n) is 9.45. The number of H-pyrrole nitrogens is 1. The average molecular weight is 379 g/mol. The molecule has 1 aliphatic heterocycles. The molecule has 4 rings (SSSR count). The molecule has 0 atom stereocenters. The summed E-state index contributed by atoms with van der Waals surface area (Å²) < 4.78 is 0. The van der Waals surface area contributed by atoms with Crippen LogP contribution >= 0.6 is 0 Å². The summed E-state index contributed by atoms with van der Waals surface area (Å²) in [5, 5.41) is 11.8. The quantitative estimate of drug-likeness (QED) is 0.403. The highest BCUT2D eigenvalue weighted by molar-refractivity contribution is 6.08. The SMILES string of the molecule is Cc1ccc2[nH]cc(C(=O)C[NH+]3CCN(c4ccc([N+](=O)[O-])cc4)CC3)c2c1. The number of piperazine rings is 1. The molecule has 1 aliphatic rings. The smallest absolute Gasteiger partial charge is 0.269 e. The number of nitrogens with zero attached hydrogens (tertiary/aromatic N) is 2. The largest absolute Gasteiger partial charge is 0.360 e. The number of fused-ring (bicyclic) bond motifs is 1. The molecule has 144 valence electrons. The van der Waals surface area contributed by atoms with Crippen molar-refractivity contribution < 1.29 is 14.6 Å². The fraction of sp³-hybridized carbons (Fsp3) is 0.286. The molecule has 0 radical (unpaired) electrons. The Morgan fingerprint density at radius 2 is 1.89 bits per heavy atom. The Morgan fingerprint density at radius 3 is 2.57 bits per heavy atom. The summed E-state index contributed by atoms with van der Waals surface area (Å²) in [6.45, 7) is 5.90. The van der Waals surface area contributed by atoms with Gasteiger partial charge in [0.2, 0.25) is 5.78 Å². The second kappa shape index (κ2) is 7.44. The number of carbonyl (C=O) groups excluding carboxylic acids is 1. The van der Waals surface area contributed by atoms with Gasteiger partial charge in [0.25, 0.3) is 5.69 Å². The maximum Gasteiger partial charge on any atom is 0.269 e. The van der Waals surface area contributed by atoms with Crippen molar-refractivity contribution in [2.75, 3.05) is 37.6 Å². The molecule has 7 nitrogen and oxygen atoms in total. The number of quaternary nitrogens is 1. The van der Waals surface area contributed by atoms with Crippen molar-refractivity contribution in [3.63, 3.8) is 0 Å². The zero-order valence-electron chi connectivity index (χ0n) is 15.8. The highest BCUT2D eigenvalue weighted by Crippen LogP contribution is 2.20. The number of aromatic nitrogens is 1. The lowest BCUT2D eigenvalue weighted by atomic mass is 10.1. The van der Waals surface area contributed by atoms with Crippen molar-refractivity contribution in [2.24, 2.45) is 0 Å². The number of aryl methyl sites for hydroxylation is 1. The number of rotatable bonds is 5. The Hall–Kier alpha value is -3.19. The van der Waals surface area contributed by atoms with Gasteiger partial charge in [-0.3, -0.25) is 14.9 Å². The van der Waals surface area contributed by atoms with Gasteiger partial charge >= 0.3 is 0 Å². The summed E-state index contributed by atoms with van der Waals surface area (Å²) in [5.74, 6) is 0.163. The Bertz CT molecular complexity index is 1020. The maximum absolute atomic E-state index is 12.8. The van der Waals surface area contributed by atoms with Gasteiger partial charge in [-0.15, -0.1) is 0 Å². The van der Waals surface area contributed by atoms with E-state index in [1.54, 1.807) is 12.1 Å². The van der Waals surface area contributed by atoms with Gasteiger partial charge in [-0.2, -0.15) is 0 Å². The van der Waals surface area contributed by atoms with Gasteiger partial charge < -0.3 is 14.8 Å². The second-order valence-electron chi connectivity index (χ2n) is 7.36. The molecule has 1 aromatic heterocycles. The van der Waals surface area contributed by atoms with Crippen molar-refractivity contribution in [3.8, 4) is 0 Å². The summed E-state index contributed by atoms with van der Waals surface area (Å²) in [5.41, 5.74) is 4.00. The molecular weight excluding hydrogens is 356 g/mol. The van der Waals surface area contributed by atoms with Crippen LogP contribution in [0.25, 0.3) is 10.9 Å². The zero-order valence-corrected chi connectivity index (χ0v) is 15.8. The number of non-ortho nitro benzene ring substituents is 1. The number of hydrogen-bond acceptors (Lipinski definition) is 4. The Kier molecular flexibility index (Phi) is 4.83. The van der Waals surface area contributed by atoms with E-state index in [2.05, 4.69) is 16.0 Å². The van der Waals surface area contributed by atoms with Crippen molar-refractivity contribution >= 4 is 28.1 Å².